The molecule has 2 aromatic heterocycles. The van der Waals surface area contributed by atoms with Gasteiger partial charge in [-0.15, -0.1) is 0 Å². The Morgan fingerprint density at radius 1 is 1.28 bits per heavy atom. The summed E-state index contributed by atoms with van der Waals surface area (Å²) in [5.74, 6) is -0.452. The maximum absolute atomic E-state index is 14.9. The van der Waals surface area contributed by atoms with Gasteiger partial charge in [-0.2, -0.15) is 5.26 Å². The SMILES string of the molecule is C[Si](C)(C)CCOCn1cc(C#N)c2nc(Nc3ccc(C4(O)CCC4)cc3)c(F)cc21. The van der Waals surface area contributed by atoms with Crippen LogP contribution in [0.3, 0.4) is 0 Å². The van der Waals surface area contributed by atoms with Gasteiger partial charge in [0, 0.05) is 32.6 Å². The van der Waals surface area contributed by atoms with E-state index in [1.165, 1.54) is 6.07 Å². The summed E-state index contributed by atoms with van der Waals surface area (Å²) in [6.07, 6.45) is 4.21. The molecule has 1 aromatic carbocycles. The predicted molar refractivity (Wildman–Crippen MR) is 126 cm³/mol. The van der Waals surface area contributed by atoms with Gasteiger partial charge in [-0.1, -0.05) is 31.8 Å². The average Bonchev–Trinajstić information content (AvgIpc) is 3.06. The topological polar surface area (TPSA) is 83.1 Å². The van der Waals surface area contributed by atoms with Crippen LogP contribution in [0.15, 0.2) is 36.5 Å². The second-order valence-corrected chi connectivity index (χ2v) is 15.4. The molecule has 0 bridgehead atoms. The van der Waals surface area contributed by atoms with Gasteiger partial charge >= 0.3 is 0 Å². The minimum atomic E-state index is -1.20. The molecular formula is C24H29FN4O2Si. The summed E-state index contributed by atoms with van der Waals surface area (Å²) in [5, 5.41) is 23.0. The van der Waals surface area contributed by atoms with Gasteiger partial charge in [0.25, 0.3) is 0 Å². The minimum absolute atomic E-state index is 0.0570. The van der Waals surface area contributed by atoms with E-state index in [0.717, 1.165) is 30.9 Å². The van der Waals surface area contributed by atoms with E-state index in [4.69, 9.17) is 4.74 Å². The molecule has 6 nitrogen and oxygen atoms in total. The van der Waals surface area contributed by atoms with Crippen LogP contribution in [0, 0.1) is 17.1 Å². The highest BCUT2D eigenvalue weighted by molar-refractivity contribution is 6.76. The van der Waals surface area contributed by atoms with Crippen molar-refractivity contribution in [3.8, 4) is 6.07 Å². The average molecular weight is 453 g/mol. The number of aliphatic hydroxyl groups is 1. The van der Waals surface area contributed by atoms with Crippen molar-refractivity contribution in [1.82, 2.24) is 9.55 Å². The monoisotopic (exact) mass is 452 g/mol. The number of halogens is 1. The van der Waals surface area contributed by atoms with Gasteiger partial charge in [0.05, 0.1) is 16.7 Å². The first-order valence-electron chi connectivity index (χ1n) is 11.0. The largest absolute Gasteiger partial charge is 0.385 e. The summed E-state index contributed by atoms with van der Waals surface area (Å²) in [6.45, 7) is 7.74. The molecule has 3 aromatic rings. The molecule has 32 heavy (non-hydrogen) atoms. The molecular weight excluding hydrogens is 423 g/mol. The highest BCUT2D eigenvalue weighted by atomic mass is 28.3. The standard InChI is InChI=1S/C24H29FN4O2Si/c1-32(2,3)12-11-31-16-29-15-17(14-26)22-21(29)13-20(25)23(28-22)27-19-7-5-18(6-8-19)24(30)9-4-10-24/h5-8,13,15,30H,4,9-12,16H2,1-3H3,(H,27,28). The highest BCUT2D eigenvalue weighted by Gasteiger charge is 2.35. The fraction of sp³-hybridized carbons (Fsp3) is 0.417. The molecule has 168 valence electrons. The highest BCUT2D eigenvalue weighted by Crippen LogP contribution is 2.41. The van der Waals surface area contributed by atoms with Crippen molar-refractivity contribution in [2.45, 2.75) is 57.3 Å². The molecule has 1 aliphatic carbocycles. The molecule has 0 spiro atoms. The first-order valence-corrected chi connectivity index (χ1v) is 14.7. The van der Waals surface area contributed by atoms with Crippen LogP contribution in [0.4, 0.5) is 15.9 Å². The van der Waals surface area contributed by atoms with Crippen molar-refractivity contribution in [2.24, 2.45) is 0 Å². The molecule has 1 aliphatic rings. The predicted octanol–water partition coefficient (Wildman–Crippen LogP) is 5.47. The van der Waals surface area contributed by atoms with Crippen LogP contribution in [0.1, 0.15) is 30.4 Å². The number of hydrogen-bond acceptors (Lipinski definition) is 5. The molecule has 1 saturated carbocycles. The minimum Gasteiger partial charge on any atom is -0.385 e. The molecule has 0 atom stereocenters. The zero-order chi connectivity index (χ0) is 22.9. The van der Waals surface area contributed by atoms with Crippen LogP contribution >= 0.6 is 0 Å². The quantitative estimate of drug-likeness (QED) is 0.350. The number of nitriles is 1. The van der Waals surface area contributed by atoms with Gasteiger partial charge in [-0.3, -0.25) is 0 Å². The van der Waals surface area contributed by atoms with E-state index in [-0.39, 0.29) is 12.5 Å². The Balaban J connectivity index is 1.53. The van der Waals surface area contributed by atoms with E-state index >= 15 is 0 Å². The van der Waals surface area contributed by atoms with Crippen molar-refractivity contribution in [3.05, 3.63) is 53.5 Å². The number of ether oxygens (including phenoxy) is 1. The summed E-state index contributed by atoms with van der Waals surface area (Å²) in [7, 11) is -1.20. The number of rotatable bonds is 8. The molecule has 0 unspecified atom stereocenters. The number of nitrogens with one attached hydrogen (secondary N) is 1. The fourth-order valence-corrected chi connectivity index (χ4v) is 4.56. The molecule has 2 N–H and O–H groups in total. The van der Waals surface area contributed by atoms with Crippen LogP contribution < -0.4 is 5.32 Å². The van der Waals surface area contributed by atoms with Crippen LogP contribution in [0.25, 0.3) is 11.0 Å². The molecule has 8 heteroatoms. The van der Waals surface area contributed by atoms with Gasteiger partial charge < -0.3 is 19.7 Å². The van der Waals surface area contributed by atoms with Crippen LogP contribution in [0.5, 0.6) is 0 Å². The Morgan fingerprint density at radius 2 is 2.00 bits per heavy atom. The Morgan fingerprint density at radius 3 is 2.59 bits per heavy atom. The fourth-order valence-electron chi connectivity index (χ4n) is 3.80. The normalized spacial score (nSPS) is 15.4. The van der Waals surface area contributed by atoms with E-state index < -0.39 is 19.5 Å². The number of benzene rings is 1. The third-order valence-corrected chi connectivity index (χ3v) is 7.72. The lowest BCUT2D eigenvalue weighted by atomic mass is 9.75. The molecule has 0 amide bonds. The van der Waals surface area contributed by atoms with Gasteiger partial charge in [-0.25, -0.2) is 9.37 Å². The zero-order valence-electron chi connectivity index (χ0n) is 18.8. The van der Waals surface area contributed by atoms with E-state index in [9.17, 15) is 14.8 Å². The molecule has 4 rings (SSSR count). The van der Waals surface area contributed by atoms with Gasteiger partial charge in [-0.05, 0) is 43.0 Å². The first-order chi connectivity index (χ1) is 15.2. The summed E-state index contributed by atoms with van der Waals surface area (Å²) < 4.78 is 22.4. The van der Waals surface area contributed by atoms with Gasteiger partial charge in [0.2, 0.25) is 0 Å². The number of anilines is 2. The van der Waals surface area contributed by atoms with Crippen molar-refractivity contribution in [2.75, 3.05) is 11.9 Å². The molecule has 0 saturated heterocycles. The molecule has 1 fully saturated rings. The summed E-state index contributed by atoms with van der Waals surface area (Å²) >= 11 is 0. The van der Waals surface area contributed by atoms with Crippen molar-refractivity contribution >= 4 is 30.6 Å². The Hall–Kier alpha value is -2.73. The van der Waals surface area contributed by atoms with Crippen molar-refractivity contribution in [1.29, 1.82) is 5.26 Å². The third-order valence-electron chi connectivity index (χ3n) is 6.02. The summed E-state index contributed by atoms with van der Waals surface area (Å²) in [4.78, 5) is 4.40. The first kappa shape index (κ1) is 22.5. The Kier molecular flexibility index (Phi) is 6.08. The molecule has 2 heterocycles. The lowest BCUT2D eigenvalue weighted by molar-refractivity contribution is -0.0387. The molecule has 0 aliphatic heterocycles. The van der Waals surface area contributed by atoms with Gasteiger partial charge in [0.15, 0.2) is 11.6 Å². The Labute approximate surface area is 188 Å². The summed E-state index contributed by atoms with van der Waals surface area (Å²) in [5.41, 5.74) is 2.14. The number of aromatic nitrogens is 2. The number of fused-ring (bicyclic) bond motifs is 1. The second-order valence-electron chi connectivity index (χ2n) is 9.75. The van der Waals surface area contributed by atoms with E-state index in [2.05, 4.69) is 36.0 Å². The molecule has 0 radical (unpaired) electrons. The van der Waals surface area contributed by atoms with Crippen LogP contribution in [-0.4, -0.2) is 29.3 Å². The number of hydrogen-bond donors (Lipinski definition) is 2. The summed E-state index contributed by atoms with van der Waals surface area (Å²) in [6, 6.07) is 11.9. The third kappa shape index (κ3) is 4.70. The van der Waals surface area contributed by atoms with E-state index in [1.54, 1.807) is 22.9 Å². The van der Waals surface area contributed by atoms with Crippen LogP contribution in [0.2, 0.25) is 25.7 Å². The maximum atomic E-state index is 14.9. The zero-order valence-corrected chi connectivity index (χ0v) is 19.8. The van der Waals surface area contributed by atoms with E-state index in [0.29, 0.717) is 28.9 Å². The Bertz CT molecular complexity index is 1160. The maximum Gasteiger partial charge on any atom is 0.167 e. The lowest BCUT2D eigenvalue weighted by Gasteiger charge is -2.37. The smallest absolute Gasteiger partial charge is 0.167 e. The van der Waals surface area contributed by atoms with Crippen molar-refractivity contribution < 1.29 is 14.2 Å². The number of nitrogens with zero attached hydrogens (tertiary/aromatic N) is 3. The van der Waals surface area contributed by atoms with Crippen molar-refractivity contribution in [3.63, 3.8) is 0 Å². The second kappa shape index (κ2) is 8.66. The van der Waals surface area contributed by atoms with E-state index in [1.807, 2.05) is 12.1 Å². The van der Waals surface area contributed by atoms with Gasteiger partial charge in [0.1, 0.15) is 18.3 Å². The van der Waals surface area contributed by atoms with Crippen LogP contribution in [-0.2, 0) is 17.1 Å². The number of pyridine rings is 1. The lowest BCUT2D eigenvalue weighted by Crippen LogP contribution is -2.33.